The minimum atomic E-state index is -3.83. The first-order valence-corrected chi connectivity index (χ1v) is 9.79. The number of sulfonamides is 2. The van der Waals surface area contributed by atoms with E-state index in [1.807, 2.05) is 0 Å². The lowest BCUT2D eigenvalue weighted by Gasteiger charge is -2.10. The summed E-state index contributed by atoms with van der Waals surface area (Å²) in [4.78, 5) is -0.264. The van der Waals surface area contributed by atoms with Gasteiger partial charge in [-0.3, -0.25) is 4.72 Å². The van der Waals surface area contributed by atoms with Crippen molar-refractivity contribution in [3.63, 3.8) is 0 Å². The summed E-state index contributed by atoms with van der Waals surface area (Å²) < 4.78 is 65.3. The van der Waals surface area contributed by atoms with Gasteiger partial charge in [-0.15, -0.1) is 12.4 Å². The monoisotopic (exact) mass is 389 g/mol. The number of hydrogen-bond donors (Lipinski definition) is 3. The van der Waals surface area contributed by atoms with Crippen LogP contribution in [0.25, 0.3) is 0 Å². The molecule has 7 nitrogen and oxygen atoms in total. The average Bonchev–Trinajstić information content (AvgIpc) is 2.40. The van der Waals surface area contributed by atoms with Crippen molar-refractivity contribution in [2.24, 2.45) is 0 Å². The van der Waals surface area contributed by atoms with Crippen LogP contribution < -0.4 is 14.8 Å². The minimum absolute atomic E-state index is 0. The molecule has 0 aliphatic heterocycles. The molecule has 0 aliphatic carbocycles. The summed E-state index contributed by atoms with van der Waals surface area (Å²) in [7, 11) is -5.80. The molecule has 0 spiro atoms. The average molecular weight is 390 g/mol. The summed E-state index contributed by atoms with van der Waals surface area (Å²) in [5.74, 6) is -1.09. The predicted molar refractivity (Wildman–Crippen MR) is 90.5 cm³/mol. The molecule has 11 heteroatoms. The zero-order valence-corrected chi connectivity index (χ0v) is 15.2. The minimum Gasteiger partial charge on any atom is -0.318 e. The molecule has 0 saturated carbocycles. The Morgan fingerprint density at radius 2 is 1.78 bits per heavy atom. The highest BCUT2D eigenvalue weighted by Gasteiger charge is 2.18. The SMILES string of the molecule is CCCS(=O)(=O)Nc1ccc(S(=O)(=O)NCCNC)cc1F.Cl. The topological polar surface area (TPSA) is 104 Å². The third-order valence-electron chi connectivity index (χ3n) is 2.66. The highest BCUT2D eigenvalue weighted by molar-refractivity contribution is 7.92. The highest BCUT2D eigenvalue weighted by Crippen LogP contribution is 2.20. The van der Waals surface area contributed by atoms with Gasteiger partial charge in [0.05, 0.1) is 16.3 Å². The van der Waals surface area contributed by atoms with Crippen LogP contribution in [-0.2, 0) is 20.0 Å². The van der Waals surface area contributed by atoms with Gasteiger partial charge in [0.25, 0.3) is 0 Å². The fourth-order valence-electron chi connectivity index (χ4n) is 1.63. The maximum absolute atomic E-state index is 13.9. The van der Waals surface area contributed by atoms with Crippen molar-refractivity contribution in [2.75, 3.05) is 30.6 Å². The summed E-state index contributed by atoms with van der Waals surface area (Å²) >= 11 is 0. The van der Waals surface area contributed by atoms with Crippen molar-refractivity contribution in [1.82, 2.24) is 10.0 Å². The first-order chi connectivity index (χ1) is 10.2. The van der Waals surface area contributed by atoms with Crippen LogP contribution >= 0.6 is 12.4 Å². The number of rotatable bonds is 9. The Balaban J connectivity index is 0.00000484. The van der Waals surface area contributed by atoms with Crippen LogP contribution in [0.3, 0.4) is 0 Å². The fraction of sp³-hybridized carbons (Fsp3) is 0.500. The van der Waals surface area contributed by atoms with Gasteiger partial charge >= 0.3 is 0 Å². The van der Waals surface area contributed by atoms with Crippen LogP contribution in [0, 0.1) is 5.82 Å². The molecule has 0 atom stereocenters. The molecule has 1 rings (SSSR count). The Morgan fingerprint density at radius 3 is 2.30 bits per heavy atom. The van der Waals surface area contributed by atoms with Crippen LogP contribution in [-0.4, -0.2) is 42.7 Å². The molecule has 1 aromatic rings. The van der Waals surface area contributed by atoms with E-state index < -0.39 is 25.9 Å². The summed E-state index contributed by atoms with van der Waals surface area (Å²) in [5, 5.41) is 2.77. The van der Waals surface area contributed by atoms with Crippen LogP contribution in [0.2, 0.25) is 0 Å². The van der Waals surface area contributed by atoms with Crippen molar-refractivity contribution in [2.45, 2.75) is 18.2 Å². The molecule has 0 aromatic heterocycles. The number of halogens is 2. The molecule has 0 bridgehead atoms. The first kappa shape index (κ1) is 22.1. The van der Waals surface area contributed by atoms with E-state index in [0.717, 1.165) is 18.2 Å². The Morgan fingerprint density at radius 1 is 1.13 bits per heavy atom. The second-order valence-corrected chi connectivity index (χ2v) is 8.17. The van der Waals surface area contributed by atoms with Gasteiger partial charge in [0, 0.05) is 13.1 Å². The van der Waals surface area contributed by atoms with Gasteiger partial charge in [0.15, 0.2) is 0 Å². The van der Waals surface area contributed by atoms with Crippen molar-refractivity contribution in [3.05, 3.63) is 24.0 Å². The molecule has 134 valence electrons. The third kappa shape index (κ3) is 7.00. The fourth-order valence-corrected chi connectivity index (χ4v) is 3.81. The molecule has 0 saturated heterocycles. The lowest BCUT2D eigenvalue weighted by atomic mass is 10.3. The molecule has 0 unspecified atom stereocenters. The molecule has 0 fully saturated rings. The largest absolute Gasteiger partial charge is 0.318 e. The highest BCUT2D eigenvalue weighted by atomic mass is 35.5. The van der Waals surface area contributed by atoms with Crippen LogP contribution in [0.5, 0.6) is 0 Å². The second kappa shape index (κ2) is 9.38. The van der Waals surface area contributed by atoms with Gasteiger partial charge in [-0.2, -0.15) is 0 Å². The summed E-state index contributed by atoms with van der Waals surface area (Å²) in [6.07, 6.45) is 0.388. The molecule has 3 N–H and O–H groups in total. The standard InChI is InChI=1S/C12H20FN3O4S2.ClH/c1-3-8-21(17,18)16-12-5-4-10(9-11(12)13)22(19,20)15-7-6-14-2;/h4-5,9,14-16H,3,6-8H2,1-2H3;1H. The normalized spacial score (nSPS) is 11.8. The number of anilines is 1. The van der Waals surface area contributed by atoms with E-state index in [1.165, 1.54) is 0 Å². The number of nitrogens with one attached hydrogen (secondary N) is 3. The van der Waals surface area contributed by atoms with Crippen LogP contribution in [0.1, 0.15) is 13.3 Å². The molecule has 1 aromatic carbocycles. The third-order valence-corrected chi connectivity index (χ3v) is 5.59. The van der Waals surface area contributed by atoms with Gasteiger partial charge in [0.2, 0.25) is 20.0 Å². The zero-order chi connectivity index (χ0) is 16.8. The van der Waals surface area contributed by atoms with E-state index in [-0.39, 0.29) is 35.3 Å². The van der Waals surface area contributed by atoms with E-state index >= 15 is 0 Å². The van der Waals surface area contributed by atoms with Crippen molar-refractivity contribution in [1.29, 1.82) is 0 Å². The molecule has 0 heterocycles. The molecular weight excluding hydrogens is 369 g/mol. The van der Waals surface area contributed by atoms with Gasteiger partial charge < -0.3 is 5.32 Å². The molecule has 0 amide bonds. The van der Waals surface area contributed by atoms with E-state index in [1.54, 1.807) is 14.0 Å². The second-order valence-electron chi connectivity index (χ2n) is 4.56. The lowest BCUT2D eigenvalue weighted by Crippen LogP contribution is -2.30. The van der Waals surface area contributed by atoms with Gasteiger partial charge in [-0.25, -0.2) is 25.9 Å². The van der Waals surface area contributed by atoms with Crippen molar-refractivity contribution in [3.8, 4) is 0 Å². The maximum Gasteiger partial charge on any atom is 0.240 e. The summed E-state index contributed by atoms with van der Waals surface area (Å²) in [6, 6.07) is 3.02. The van der Waals surface area contributed by atoms with Gasteiger partial charge in [-0.1, -0.05) is 6.92 Å². The van der Waals surface area contributed by atoms with Crippen LogP contribution in [0.15, 0.2) is 23.1 Å². The Labute approximate surface area is 142 Å². The number of hydrogen-bond acceptors (Lipinski definition) is 5. The summed E-state index contributed by atoms with van der Waals surface area (Å²) in [5.41, 5.74) is -0.275. The van der Waals surface area contributed by atoms with Gasteiger partial charge in [0.1, 0.15) is 5.82 Å². The predicted octanol–water partition coefficient (Wildman–Crippen LogP) is 0.897. The Kier molecular flexibility index (Phi) is 9.00. The van der Waals surface area contributed by atoms with E-state index in [0.29, 0.717) is 13.0 Å². The van der Waals surface area contributed by atoms with E-state index in [9.17, 15) is 21.2 Å². The smallest absolute Gasteiger partial charge is 0.240 e. The van der Waals surface area contributed by atoms with Crippen LogP contribution in [0.4, 0.5) is 10.1 Å². The number of benzene rings is 1. The molecule has 0 radical (unpaired) electrons. The van der Waals surface area contributed by atoms with E-state index in [4.69, 9.17) is 0 Å². The van der Waals surface area contributed by atoms with Crippen molar-refractivity contribution >= 4 is 38.1 Å². The van der Waals surface area contributed by atoms with Crippen molar-refractivity contribution < 1.29 is 21.2 Å². The Hall–Kier alpha value is -0.940. The quantitative estimate of drug-likeness (QED) is 0.544. The summed E-state index contributed by atoms with van der Waals surface area (Å²) in [6.45, 7) is 2.27. The molecular formula is C12H21ClFN3O4S2. The number of likely N-dealkylation sites (N-methyl/N-ethyl adjacent to an activating group) is 1. The Bertz CT molecular complexity index is 711. The molecule has 23 heavy (non-hydrogen) atoms. The maximum atomic E-state index is 13.9. The molecule has 0 aliphatic rings. The van der Waals surface area contributed by atoms with E-state index in [2.05, 4.69) is 14.8 Å². The first-order valence-electron chi connectivity index (χ1n) is 6.66. The zero-order valence-electron chi connectivity index (χ0n) is 12.8. The van der Waals surface area contributed by atoms with Gasteiger partial charge in [-0.05, 0) is 31.7 Å². The lowest BCUT2D eigenvalue weighted by molar-refractivity contribution is 0.576.